The van der Waals surface area contributed by atoms with Crippen molar-refractivity contribution in [2.24, 2.45) is 0 Å². The maximum atomic E-state index is 5.98. The van der Waals surface area contributed by atoms with Crippen LogP contribution in [0.15, 0.2) is 16.7 Å². The highest BCUT2D eigenvalue weighted by atomic mass is 79.9. The van der Waals surface area contributed by atoms with E-state index >= 15 is 0 Å². The number of anilines is 1. The van der Waals surface area contributed by atoms with E-state index in [1.54, 1.807) is 6.20 Å². The molecule has 0 atom stereocenters. The molecule has 1 aromatic heterocycles. The molecule has 0 aliphatic carbocycles. The van der Waals surface area contributed by atoms with E-state index in [9.17, 15) is 0 Å². The molecule has 5 heteroatoms. The van der Waals surface area contributed by atoms with Crippen LogP contribution < -0.4 is 4.90 Å². The van der Waals surface area contributed by atoms with Crippen molar-refractivity contribution >= 4 is 44.9 Å². The van der Waals surface area contributed by atoms with E-state index in [-0.39, 0.29) is 0 Å². The van der Waals surface area contributed by atoms with Gasteiger partial charge in [-0.25, -0.2) is 4.98 Å². The first kappa shape index (κ1) is 11.1. The monoisotopic (exact) mass is 282 g/mol. The largest absolute Gasteiger partial charge is 0.357 e. The van der Waals surface area contributed by atoms with E-state index in [4.69, 9.17) is 23.2 Å². The van der Waals surface area contributed by atoms with Gasteiger partial charge in [-0.15, -0.1) is 11.6 Å². The molecular weight excluding hydrogens is 275 g/mol. The highest BCUT2D eigenvalue weighted by molar-refractivity contribution is 9.10. The summed E-state index contributed by atoms with van der Waals surface area (Å²) in [6, 6.07) is 1.81. The number of rotatable bonds is 3. The van der Waals surface area contributed by atoms with Crippen LogP contribution in [0, 0.1) is 0 Å². The standard InChI is InChI=1S/C8H9BrCl2N2/c1-13(3-2-10)8-7(11)4-6(9)5-12-8/h4-5H,2-3H2,1H3. The molecule has 13 heavy (non-hydrogen) atoms. The molecule has 0 saturated heterocycles. The van der Waals surface area contributed by atoms with Crippen molar-refractivity contribution in [2.45, 2.75) is 0 Å². The molecule has 0 spiro atoms. The number of pyridine rings is 1. The predicted molar refractivity (Wildman–Crippen MR) is 60.9 cm³/mol. The van der Waals surface area contributed by atoms with Crippen molar-refractivity contribution in [1.82, 2.24) is 4.98 Å². The predicted octanol–water partition coefficient (Wildman–Crippen LogP) is 3.17. The van der Waals surface area contributed by atoms with Crippen molar-refractivity contribution < 1.29 is 0 Å². The van der Waals surface area contributed by atoms with Crippen LogP contribution >= 0.6 is 39.1 Å². The lowest BCUT2D eigenvalue weighted by atomic mass is 10.4. The summed E-state index contributed by atoms with van der Waals surface area (Å²) in [5.74, 6) is 1.32. The van der Waals surface area contributed by atoms with E-state index in [2.05, 4.69) is 20.9 Å². The van der Waals surface area contributed by atoms with Crippen LogP contribution in [0.25, 0.3) is 0 Å². The van der Waals surface area contributed by atoms with Gasteiger partial charge in [0.15, 0.2) is 0 Å². The van der Waals surface area contributed by atoms with Gasteiger partial charge in [-0.2, -0.15) is 0 Å². The summed E-state index contributed by atoms with van der Waals surface area (Å²) >= 11 is 14.9. The van der Waals surface area contributed by atoms with Gasteiger partial charge in [-0.05, 0) is 22.0 Å². The molecule has 72 valence electrons. The fraction of sp³-hybridized carbons (Fsp3) is 0.375. The number of hydrogen-bond donors (Lipinski definition) is 0. The van der Waals surface area contributed by atoms with Crippen LogP contribution in [0.3, 0.4) is 0 Å². The molecule has 0 fully saturated rings. The lowest BCUT2D eigenvalue weighted by molar-refractivity contribution is 0.942. The molecule has 1 rings (SSSR count). The minimum atomic E-state index is 0.560. The van der Waals surface area contributed by atoms with Crippen molar-refractivity contribution in [3.8, 4) is 0 Å². The van der Waals surface area contributed by atoms with Crippen LogP contribution in [0.4, 0.5) is 5.82 Å². The molecular formula is C8H9BrCl2N2. The summed E-state index contributed by atoms with van der Waals surface area (Å²) < 4.78 is 0.875. The molecule has 0 saturated carbocycles. The Morgan fingerprint density at radius 1 is 1.62 bits per heavy atom. The number of alkyl halides is 1. The summed E-state index contributed by atoms with van der Waals surface area (Å²) in [6.45, 7) is 0.732. The van der Waals surface area contributed by atoms with Gasteiger partial charge in [0.05, 0.1) is 5.02 Å². The second kappa shape index (κ2) is 5.03. The first-order chi connectivity index (χ1) is 6.15. The molecule has 1 aromatic rings. The number of halogens is 3. The molecule has 0 aromatic carbocycles. The molecule has 0 unspecified atom stereocenters. The Kier molecular flexibility index (Phi) is 4.29. The first-order valence-corrected chi connectivity index (χ1v) is 5.44. The van der Waals surface area contributed by atoms with E-state index in [1.165, 1.54) is 0 Å². The molecule has 0 aliphatic rings. The summed E-state index contributed by atoms with van der Waals surface area (Å²) in [5.41, 5.74) is 0. The maximum Gasteiger partial charge on any atom is 0.147 e. The second-order valence-electron chi connectivity index (χ2n) is 2.57. The SMILES string of the molecule is CN(CCCl)c1ncc(Br)cc1Cl. The lowest BCUT2D eigenvalue weighted by Gasteiger charge is -2.17. The van der Waals surface area contributed by atoms with Gasteiger partial charge < -0.3 is 4.90 Å². The Morgan fingerprint density at radius 3 is 2.85 bits per heavy atom. The highest BCUT2D eigenvalue weighted by Crippen LogP contribution is 2.25. The van der Waals surface area contributed by atoms with Crippen LogP contribution in [0.5, 0.6) is 0 Å². The first-order valence-electron chi connectivity index (χ1n) is 3.73. The molecule has 2 nitrogen and oxygen atoms in total. The van der Waals surface area contributed by atoms with E-state index in [1.807, 2.05) is 18.0 Å². The highest BCUT2D eigenvalue weighted by Gasteiger charge is 2.06. The Hall–Kier alpha value is 0.01000. The van der Waals surface area contributed by atoms with Crippen LogP contribution in [0.2, 0.25) is 5.02 Å². The van der Waals surface area contributed by atoms with Crippen molar-refractivity contribution in [3.05, 3.63) is 21.8 Å². The smallest absolute Gasteiger partial charge is 0.147 e. The van der Waals surface area contributed by atoms with Gasteiger partial charge in [0, 0.05) is 30.1 Å². The number of nitrogens with zero attached hydrogens (tertiary/aromatic N) is 2. The lowest BCUT2D eigenvalue weighted by Crippen LogP contribution is -2.20. The van der Waals surface area contributed by atoms with Crippen LogP contribution in [-0.2, 0) is 0 Å². The van der Waals surface area contributed by atoms with Gasteiger partial charge in [0.1, 0.15) is 5.82 Å². The van der Waals surface area contributed by atoms with Gasteiger partial charge in [-0.1, -0.05) is 11.6 Å². The third kappa shape index (κ3) is 3.01. The fourth-order valence-electron chi connectivity index (χ4n) is 0.921. The molecule has 0 radical (unpaired) electrons. The number of aromatic nitrogens is 1. The third-order valence-corrected chi connectivity index (χ3v) is 2.45. The Balaban J connectivity index is 2.88. The van der Waals surface area contributed by atoms with Crippen molar-refractivity contribution in [1.29, 1.82) is 0 Å². The summed E-state index contributed by atoms with van der Waals surface area (Å²) in [4.78, 5) is 6.10. The second-order valence-corrected chi connectivity index (χ2v) is 4.27. The van der Waals surface area contributed by atoms with E-state index < -0.39 is 0 Å². The van der Waals surface area contributed by atoms with Gasteiger partial charge in [0.2, 0.25) is 0 Å². The Bertz CT molecular complexity index is 293. The van der Waals surface area contributed by atoms with Gasteiger partial charge >= 0.3 is 0 Å². The van der Waals surface area contributed by atoms with Crippen molar-refractivity contribution in [3.63, 3.8) is 0 Å². The molecule has 0 bridgehead atoms. The normalized spacial score (nSPS) is 10.2. The Morgan fingerprint density at radius 2 is 2.31 bits per heavy atom. The number of hydrogen-bond acceptors (Lipinski definition) is 2. The molecule has 0 aliphatic heterocycles. The maximum absolute atomic E-state index is 5.98. The average molecular weight is 284 g/mol. The summed E-state index contributed by atoms with van der Waals surface area (Å²) in [6.07, 6.45) is 1.71. The van der Waals surface area contributed by atoms with Crippen LogP contribution in [0.1, 0.15) is 0 Å². The summed E-state index contributed by atoms with van der Waals surface area (Å²) in [7, 11) is 1.91. The molecule has 0 N–H and O–H groups in total. The van der Waals surface area contributed by atoms with Crippen molar-refractivity contribution in [2.75, 3.05) is 24.4 Å². The Labute approximate surface area is 96.0 Å². The zero-order chi connectivity index (χ0) is 9.84. The zero-order valence-corrected chi connectivity index (χ0v) is 10.2. The average Bonchev–Trinajstić information content (AvgIpc) is 2.04. The van der Waals surface area contributed by atoms with E-state index in [0.717, 1.165) is 16.8 Å². The van der Waals surface area contributed by atoms with Gasteiger partial charge in [0.25, 0.3) is 0 Å². The third-order valence-electron chi connectivity index (χ3n) is 1.57. The summed E-state index contributed by atoms with van der Waals surface area (Å²) in [5, 5.41) is 0.627. The minimum absolute atomic E-state index is 0.560. The molecule has 1 heterocycles. The zero-order valence-electron chi connectivity index (χ0n) is 7.10. The minimum Gasteiger partial charge on any atom is -0.357 e. The van der Waals surface area contributed by atoms with E-state index in [0.29, 0.717) is 10.9 Å². The van der Waals surface area contributed by atoms with Gasteiger partial charge in [-0.3, -0.25) is 0 Å². The van der Waals surface area contributed by atoms with Crippen LogP contribution in [-0.4, -0.2) is 24.5 Å². The fourth-order valence-corrected chi connectivity index (χ4v) is 1.95. The topological polar surface area (TPSA) is 16.1 Å². The molecule has 0 amide bonds. The quantitative estimate of drug-likeness (QED) is 0.792.